The second kappa shape index (κ2) is 4.09. The monoisotopic (exact) mass is 188 g/mol. The molecule has 0 aliphatic heterocycles. The van der Waals surface area contributed by atoms with Crippen molar-refractivity contribution in [1.29, 1.82) is 0 Å². The van der Waals surface area contributed by atoms with E-state index in [1.807, 2.05) is 0 Å². The summed E-state index contributed by atoms with van der Waals surface area (Å²) in [5.74, 6) is -3.19. The van der Waals surface area contributed by atoms with Crippen molar-refractivity contribution >= 4 is 6.08 Å². The highest BCUT2D eigenvalue weighted by Crippen LogP contribution is 2.14. The first kappa shape index (κ1) is 9.80. The van der Waals surface area contributed by atoms with Crippen LogP contribution in [-0.2, 0) is 0 Å². The smallest absolute Gasteiger partial charge is 0.161 e. The molecule has 0 spiro atoms. The quantitative estimate of drug-likeness (QED) is 0.704. The molecule has 1 rings (SSSR count). The maximum Gasteiger partial charge on any atom is 0.161 e. The van der Waals surface area contributed by atoms with Gasteiger partial charge in [0.05, 0.1) is 6.61 Å². The maximum atomic E-state index is 12.8. The van der Waals surface area contributed by atoms with Gasteiger partial charge in [0.2, 0.25) is 0 Å². The molecule has 0 atom stereocenters. The van der Waals surface area contributed by atoms with Gasteiger partial charge in [0.25, 0.3) is 0 Å². The van der Waals surface area contributed by atoms with Crippen LogP contribution in [0.15, 0.2) is 18.2 Å². The second-order valence-corrected chi connectivity index (χ2v) is 2.37. The Hall–Kier alpha value is -1.29. The molecule has 0 radical (unpaired) electrons. The van der Waals surface area contributed by atoms with E-state index in [4.69, 9.17) is 5.11 Å². The Morgan fingerprint density at radius 1 is 1.08 bits per heavy atom. The third-order valence-corrected chi connectivity index (χ3v) is 1.44. The lowest BCUT2D eigenvalue weighted by Gasteiger charge is -1.97. The van der Waals surface area contributed by atoms with Crippen LogP contribution in [-0.4, -0.2) is 11.7 Å². The standard InChI is InChI=1S/C9H7F3O/c10-7-5-9(12)8(11)4-6(7)2-1-3-13/h1-2,4-5,13H,3H2/b2-1+. The van der Waals surface area contributed by atoms with Crippen LogP contribution in [0.1, 0.15) is 5.56 Å². The van der Waals surface area contributed by atoms with Gasteiger partial charge in [0, 0.05) is 11.6 Å². The molecule has 1 aromatic carbocycles. The lowest BCUT2D eigenvalue weighted by molar-refractivity contribution is 0.343. The van der Waals surface area contributed by atoms with E-state index in [2.05, 4.69) is 0 Å². The first-order valence-corrected chi connectivity index (χ1v) is 3.57. The Morgan fingerprint density at radius 2 is 1.69 bits per heavy atom. The van der Waals surface area contributed by atoms with Crippen LogP contribution in [0, 0.1) is 17.5 Å². The van der Waals surface area contributed by atoms with E-state index >= 15 is 0 Å². The Labute approximate surface area is 73.1 Å². The van der Waals surface area contributed by atoms with E-state index in [-0.39, 0.29) is 12.2 Å². The van der Waals surface area contributed by atoms with Crippen molar-refractivity contribution in [2.75, 3.05) is 6.61 Å². The van der Waals surface area contributed by atoms with Gasteiger partial charge in [-0.1, -0.05) is 12.2 Å². The van der Waals surface area contributed by atoms with E-state index in [0.717, 1.165) is 6.07 Å². The molecule has 1 nitrogen and oxygen atoms in total. The maximum absolute atomic E-state index is 12.8. The number of hydrogen-bond acceptors (Lipinski definition) is 1. The van der Waals surface area contributed by atoms with Crippen molar-refractivity contribution in [2.24, 2.45) is 0 Å². The van der Waals surface area contributed by atoms with Crippen LogP contribution in [0.2, 0.25) is 0 Å². The Bertz CT molecular complexity index is 334. The van der Waals surface area contributed by atoms with Crippen LogP contribution in [0.3, 0.4) is 0 Å². The van der Waals surface area contributed by atoms with E-state index in [0.29, 0.717) is 6.07 Å². The molecule has 0 bridgehead atoms. The molecule has 13 heavy (non-hydrogen) atoms. The summed E-state index contributed by atoms with van der Waals surface area (Å²) in [7, 11) is 0. The predicted molar refractivity (Wildman–Crippen MR) is 42.4 cm³/mol. The molecular weight excluding hydrogens is 181 g/mol. The Balaban J connectivity index is 3.08. The molecule has 0 aromatic heterocycles. The predicted octanol–water partition coefficient (Wildman–Crippen LogP) is 2.11. The summed E-state index contributed by atoms with van der Waals surface area (Å²) in [6.45, 7) is -0.279. The Morgan fingerprint density at radius 3 is 2.31 bits per heavy atom. The van der Waals surface area contributed by atoms with Crippen molar-refractivity contribution < 1.29 is 18.3 Å². The molecule has 70 valence electrons. The zero-order valence-electron chi connectivity index (χ0n) is 6.60. The lowest BCUT2D eigenvalue weighted by atomic mass is 10.2. The summed E-state index contributed by atoms with van der Waals surface area (Å²) < 4.78 is 37.8. The van der Waals surface area contributed by atoms with Crippen molar-refractivity contribution in [2.45, 2.75) is 0 Å². The normalized spacial score (nSPS) is 11.1. The van der Waals surface area contributed by atoms with Crippen molar-refractivity contribution in [3.63, 3.8) is 0 Å². The van der Waals surface area contributed by atoms with Crippen molar-refractivity contribution in [1.82, 2.24) is 0 Å². The number of benzene rings is 1. The fourth-order valence-electron chi connectivity index (χ4n) is 0.845. The molecule has 4 heteroatoms. The van der Waals surface area contributed by atoms with E-state index in [1.54, 1.807) is 0 Å². The highest BCUT2D eigenvalue weighted by atomic mass is 19.2. The van der Waals surface area contributed by atoms with Crippen molar-refractivity contribution in [3.05, 3.63) is 41.2 Å². The summed E-state index contributed by atoms with van der Waals surface area (Å²) in [5.41, 5.74) is -0.0899. The van der Waals surface area contributed by atoms with Crippen LogP contribution >= 0.6 is 0 Å². The number of halogens is 3. The molecule has 0 aliphatic carbocycles. The summed E-state index contributed by atoms with van der Waals surface area (Å²) in [5, 5.41) is 8.37. The minimum atomic E-state index is -1.22. The molecule has 0 saturated carbocycles. The van der Waals surface area contributed by atoms with Gasteiger partial charge in [-0.25, -0.2) is 13.2 Å². The van der Waals surface area contributed by atoms with E-state index < -0.39 is 17.5 Å². The number of aliphatic hydroxyl groups excluding tert-OH is 1. The summed E-state index contributed by atoms with van der Waals surface area (Å²) in [6, 6.07) is 1.20. The first-order chi connectivity index (χ1) is 6.15. The third kappa shape index (κ3) is 2.32. The SMILES string of the molecule is OC/C=C/c1cc(F)c(F)cc1F. The zero-order valence-corrected chi connectivity index (χ0v) is 6.60. The lowest BCUT2D eigenvalue weighted by Crippen LogP contribution is -1.90. The highest BCUT2D eigenvalue weighted by Gasteiger charge is 2.06. The minimum absolute atomic E-state index is 0.0899. The Kier molecular flexibility index (Phi) is 3.08. The van der Waals surface area contributed by atoms with E-state index in [1.165, 1.54) is 12.2 Å². The van der Waals surface area contributed by atoms with Crippen LogP contribution in [0.25, 0.3) is 6.08 Å². The molecule has 1 aromatic rings. The van der Waals surface area contributed by atoms with Gasteiger partial charge in [-0.3, -0.25) is 0 Å². The summed E-state index contributed by atoms with van der Waals surface area (Å²) >= 11 is 0. The molecule has 0 heterocycles. The average Bonchev–Trinajstić information content (AvgIpc) is 2.09. The fourth-order valence-corrected chi connectivity index (χ4v) is 0.845. The van der Waals surface area contributed by atoms with Gasteiger partial charge >= 0.3 is 0 Å². The third-order valence-electron chi connectivity index (χ3n) is 1.44. The van der Waals surface area contributed by atoms with Gasteiger partial charge in [-0.2, -0.15) is 0 Å². The van der Waals surface area contributed by atoms with Gasteiger partial charge in [0.15, 0.2) is 11.6 Å². The van der Waals surface area contributed by atoms with E-state index in [9.17, 15) is 13.2 Å². The van der Waals surface area contributed by atoms with Gasteiger partial charge in [0.1, 0.15) is 5.82 Å². The number of aliphatic hydroxyl groups is 1. The van der Waals surface area contributed by atoms with Gasteiger partial charge < -0.3 is 5.11 Å². The van der Waals surface area contributed by atoms with Gasteiger partial charge in [-0.15, -0.1) is 0 Å². The molecule has 0 saturated heterocycles. The number of rotatable bonds is 2. The molecule has 1 N–H and O–H groups in total. The fraction of sp³-hybridized carbons (Fsp3) is 0.111. The summed E-state index contributed by atoms with van der Waals surface area (Å²) in [6.07, 6.45) is 2.41. The second-order valence-electron chi connectivity index (χ2n) is 2.37. The number of hydrogen-bond donors (Lipinski definition) is 1. The minimum Gasteiger partial charge on any atom is -0.392 e. The van der Waals surface area contributed by atoms with Crippen LogP contribution in [0.4, 0.5) is 13.2 Å². The topological polar surface area (TPSA) is 20.2 Å². The molecule has 0 amide bonds. The largest absolute Gasteiger partial charge is 0.392 e. The summed E-state index contributed by atoms with van der Waals surface area (Å²) in [4.78, 5) is 0. The first-order valence-electron chi connectivity index (χ1n) is 3.57. The zero-order chi connectivity index (χ0) is 9.84. The van der Waals surface area contributed by atoms with Gasteiger partial charge in [-0.05, 0) is 6.07 Å². The molecule has 0 aliphatic rings. The van der Waals surface area contributed by atoms with Crippen molar-refractivity contribution in [3.8, 4) is 0 Å². The van der Waals surface area contributed by atoms with Crippen LogP contribution < -0.4 is 0 Å². The average molecular weight is 188 g/mol. The highest BCUT2D eigenvalue weighted by molar-refractivity contribution is 5.50. The molecule has 0 fully saturated rings. The molecule has 0 unspecified atom stereocenters. The van der Waals surface area contributed by atoms with Crippen LogP contribution in [0.5, 0.6) is 0 Å². The molecular formula is C9H7F3O.